The number of thioether (sulfide) groups is 1. The largest absolute Gasteiger partial charge is 0.488 e. The van der Waals surface area contributed by atoms with E-state index >= 15 is 0 Å². The average molecular weight is 275 g/mol. The van der Waals surface area contributed by atoms with Gasteiger partial charge in [-0.2, -0.15) is 0 Å². The van der Waals surface area contributed by atoms with Crippen LogP contribution in [-0.2, 0) is 6.61 Å². The maximum atomic E-state index is 10.5. The molecular formula is C14H13NO3S. The maximum Gasteiger partial charge on any atom is 0.269 e. The van der Waals surface area contributed by atoms with E-state index in [4.69, 9.17) is 4.74 Å². The maximum absolute atomic E-state index is 10.5. The van der Waals surface area contributed by atoms with Crippen LogP contribution in [0.15, 0.2) is 53.4 Å². The first-order valence-corrected chi connectivity index (χ1v) is 6.92. The smallest absolute Gasteiger partial charge is 0.269 e. The first-order valence-electron chi connectivity index (χ1n) is 5.70. The summed E-state index contributed by atoms with van der Waals surface area (Å²) in [6.07, 6.45) is 1.99. The summed E-state index contributed by atoms with van der Waals surface area (Å²) in [6, 6.07) is 14.2. The minimum absolute atomic E-state index is 0.0910. The summed E-state index contributed by atoms with van der Waals surface area (Å²) in [6.45, 7) is 0.398. The molecule has 0 saturated carbocycles. The van der Waals surface area contributed by atoms with Crippen molar-refractivity contribution in [2.75, 3.05) is 6.26 Å². The molecule has 2 aromatic carbocycles. The monoisotopic (exact) mass is 275 g/mol. The van der Waals surface area contributed by atoms with Crippen LogP contribution in [0.5, 0.6) is 5.75 Å². The van der Waals surface area contributed by atoms with Crippen LogP contribution in [0.3, 0.4) is 0 Å². The summed E-state index contributed by atoms with van der Waals surface area (Å²) >= 11 is 1.62. The minimum Gasteiger partial charge on any atom is -0.488 e. The summed E-state index contributed by atoms with van der Waals surface area (Å²) in [5.74, 6) is 0.827. The van der Waals surface area contributed by atoms with Crippen molar-refractivity contribution in [1.29, 1.82) is 0 Å². The number of non-ortho nitro benzene ring substituents is 1. The predicted octanol–water partition coefficient (Wildman–Crippen LogP) is 3.90. The fraction of sp³-hybridized carbons (Fsp3) is 0.143. The van der Waals surface area contributed by atoms with Crippen molar-refractivity contribution < 1.29 is 9.66 Å². The van der Waals surface area contributed by atoms with Gasteiger partial charge in [0.05, 0.1) is 4.92 Å². The number of hydrogen-bond acceptors (Lipinski definition) is 4. The molecule has 0 bridgehead atoms. The second-order valence-electron chi connectivity index (χ2n) is 3.86. The highest BCUT2D eigenvalue weighted by atomic mass is 32.2. The molecule has 0 aliphatic carbocycles. The van der Waals surface area contributed by atoms with Crippen molar-refractivity contribution >= 4 is 17.4 Å². The van der Waals surface area contributed by atoms with E-state index in [1.807, 2.05) is 30.5 Å². The molecule has 0 saturated heterocycles. The van der Waals surface area contributed by atoms with Crippen LogP contribution in [0.25, 0.3) is 0 Å². The third kappa shape index (κ3) is 3.48. The van der Waals surface area contributed by atoms with Crippen molar-refractivity contribution in [1.82, 2.24) is 0 Å². The van der Waals surface area contributed by atoms with Gasteiger partial charge in [0.15, 0.2) is 0 Å². The standard InChI is InChI=1S/C14H13NO3S/c1-19-14-5-3-2-4-13(14)18-10-11-6-8-12(9-7-11)15(16)17/h2-9H,10H2,1H3. The Kier molecular flexibility index (Phi) is 4.41. The summed E-state index contributed by atoms with van der Waals surface area (Å²) in [4.78, 5) is 11.2. The van der Waals surface area contributed by atoms with Gasteiger partial charge in [0.2, 0.25) is 0 Å². The van der Waals surface area contributed by atoms with Gasteiger partial charge < -0.3 is 4.74 Å². The molecular weight excluding hydrogens is 262 g/mol. The van der Waals surface area contributed by atoms with E-state index in [9.17, 15) is 10.1 Å². The van der Waals surface area contributed by atoms with Crippen LogP contribution in [0.1, 0.15) is 5.56 Å². The molecule has 98 valence electrons. The zero-order valence-corrected chi connectivity index (χ0v) is 11.2. The Balaban J connectivity index is 2.04. The van der Waals surface area contributed by atoms with Gasteiger partial charge in [-0.3, -0.25) is 10.1 Å². The van der Waals surface area contributed by atoms with E-state index in [2.05, 4.69) is 0 Å². The Labute approximate surface area is 115 Å². The third-order valence-electron chi connectivity index (χ3n) is 2.61. The van der Waals surface area contributed by atoms with Crippen molar-refractivity contribution in [2.24, 2.45) is 0 Å². The van der Waals surface area contributed by atoms with Gasteiger partial charge in [0, 0.05) is 17.0 Å². The molecule has 5 heteroatoms. The van der Waals surface area contributed by atoms with Gasteiger partial charge in [-0.15, -0.1) is 11.8 Å². The number of nitrogens with zero attached hydrogens (tertiary/aromatic N) is 1. The van der Waals surface area contributed by atoms with Gasteiger partial charge in [-0.1, -0.05) is 12.1 Å². The lowest BCUT2D eigenvalue weighted by Crippen LogP contribution is -1.97. The van der Waals surface area contributed by atoms with Crippen LogP contribution in [0.4, 0.5) is 5.69 Å². The average Bonchev–Trinajstić information content (AvgIpc) is 2.45. The molecule has 0 atom stereocenters. The summed E-state index contributed by atoms with van der Waals surface area (Å²) < 4.78 is 5.72. The molecule has 0 spiro atoms. The zero-order valence-electron chi connectivity index (χ0n) is 10.4. The SMILES string of the molecule is CSc1ccccc1OCc1ccc([N+](=O)[O-])cc1. The van der Waals surface area contributed by atoms with E-state index in [1.165, 1.54) is 12.1 Å². The van der Waals surface area contributed by atoms with Gasteiger partial charge in [-0.25, -0.2) is 0 Å². The van der Waals surface area contributed by atoms with Crippen molar-refractivity contribution in [3.05, 3.63) is 64.2 Å². The predicted molar refractivity (Wildman–Crippen MR) is 75.7 cm³/mol. The highest BCUT2D eigenvalue weighted by Gasteiger charge is 2.05. The number of hydrogen-bond donors (Lipinski definition) is 0. The number of nitro groups is 1. The quantitative estimate of drug-likeness (QED) is 0.472. The Hall–Kier alpha value is -2.01. The summed E-state index contributed by atoms with van der Waals surface area (Å²) in [5, 5.41) is 10.5. The van der Waals surface area contributed by atoms with Crippen molar-refractivity contribution in [2.45, 2.75) is 11.5 Å². The Morgan fingerprint density at radius 3 is 2.47 bits per heavy atom. The first-order chi connectivity index (χ1) is 9.20. The molecule has 0 unspecified atom stereocenters. The fourth-order valence-electron chi connectivity index (χ4n) is 1.61. The lowest BCUT2D eigenvalue weighted by Gasteiger charge is -2.09. The van der Waals surface area contributed by atoms with E-state index in [1.54, 1.807) is 23.9 Å². The van der Waals surface area contributed by atoms with Crippen LogP contribution >= 0.6 is 11.8 Å². The third-order valence-corrected chi connectivity index (χ3v) is 3.39. The second-order valence-corrected chi connectivity index (χ2v) is 4.71. The first kappa shape index (κ1) is 13.4. The second kappa shape index (κ2) is 6.24. The Morgan fingerprint density at radius 2 is 1.84 bits per heavy atom. The summed E-state index contributed by atoms with van der Waals surface area (Å²) in [7, 11) is 0. The number of ether oxygens (including phenoxy) is 1. The molecule has 19 heavy (non-hydrogen) atoms. The number of nitro benzene ring substituents is 1. The van der Waals surface area contributed by atoms with E-state index in [0.717, 1.165) is 16.2 Å². The lowest BCUT2D eigenvalue weighted by atomic mass is 10.2. The minimum atomic E-state index is -0.409. The van der Waals surface area contributed by atoms with Crippen LogP contribution in [-0.4, -0.2) is 11.2 Å². The van der Waals surface area contributed by atoms with Gasteiger partial charge in [0.25, 0.3) is 5.69 Å². The molecule has 0 aromatic heterocycles. The van der Waals surface area contributed by atoms with Crippen molar-refractivity contribution in [3.63, 3.8) is 0 Å². The van der Waals surface area contributed by atoms with Gasteiger partial charge in [0.1, 0.15) is 12.4 Å². The molecule has 0 amide bonds. The number of rotatable bonds is 5. The number of para-hydroxylation sites is 1. The van der Waals surface area contributed by atoms with Crippen molar-refractivity contribution in [3.8, 4) is 5.75 Å². The Morgan fingerprint density at radius 1 is 1.16 bits per heavy atom. The molecule has 0 aliphatic heterocycles. The molecule has 0 fully saturated rings. The summed E-state index contributed by atoms with van der Waals surface area (Å²) in [5.41, 5.74) is 0.995. The van der Waals surface area contributed by atoms with Crippen LogP contribution in [0.2, 0.25) is 0 Å². The van der Waals surface area contributed by atoms with Crippen LogP contribution < -0.4 is 4.74 Å². The molecule has 0 radical (unpaired) electrons. The number of benzene rings is 2. The van der Waals surface area contributed by atoms with Crippen LogP contribution in [0, 0.1) is 10.1 Å². The van der Waals surface area contributed by atoms with E-state index < -0.39 is 4.92 Å². The normalized spacial score (nSPS) is 10.2. The molecule has 2 rings (SSSR count). The highest BCUT2D eigenvalue weighted by molar-refractivity contribution is 7.98. The molecule has 0 N–H and O–H groups in total. The van der Waals surface area contributed by atoms with E-state index in [0.29, 0.717) is 6.61 Å². The molecule has 2 aromatic rings. The fourth-order valence-corrected chi connectivity index (χ4v) is 2.16. The van der Waals surface area contributed by atoms with Gasteiger partial charge >= 0.3 is 0 Å². The topological polar surface area (TPSA) is 52.4 Å². The molecule has 4 nitrogen and oxygen atoms in total. The Bertz CT molecular complexity index is 569. The molecule has 0 heterocycles. The van der Waals surface area contributed by atoms with Gasteiger partial charge in [-0.05, 0) is 36.1 Å². The highest BCUT2D eigenvalue weighted by Crippen LogP contribution is 2.27. The zero-order chi connectivity index (χ0) is 13.7. The molecule has 0 aliphatic rings. The van der Waals surface area contributed by atoms with E-state index in [-0.39, 0.29) is 5.69 Å². The lowest BCUT2D eigenvalue weighted by molar-refractivity contribution is -0.384.